The number of thiocarbonyl (C=S) groups is 1. The van der Waals surface area contributed by atoms with E-state index in [0.717, 1.165) is 18.2 Å². The minimum atomic E-state index is 0. The second-order valence-electron chi connectivity index (χ2n) is 1.18. The summed E-state index contributed by atoms with van der Waals surface area (Å²) in [7, 11) is 0. The summed E-state index contributed by atoms with van der Waals surface area (Å²) in [5, 5.41) is 6.67. The molecule has 0 unspecified atom stereocenters. The van der Waals surface area contributed by atoms with Crippen LogP contribution < -0.4 is 10.6 Å². The van der Waals surface area contributed by atoms with Crippen molar-refractivity contribution >= 4 is 46.9 Å². The zero-order valence-electron chi connectivity index (χ0n) is 3.32. The molecule has 1 saturated heterocycles. The van der Waals surface area contributed by atoms with Crippen molar-refractivity contribution in [1.82, 2.24) is 10.6 Å². The van der Waals surface area contributed by atoms with Gasteiger partial charge in [0.15, 0.2) is 5.11 Å². The molecular weight excluding hydrogens is 119 g/mol. The van der Waals surface area contributed by atoms with Crippen LogP contribution in [0.2, 0.25) is 0 Å². The third kappa shape index (κ3) is 2.49. The summed E-state index contributed by atoms with van der Waals surface area (Å²) in [6, 6.07) is 0. The fourth-order valence-corrected chi connectivity index (χ4v) is 0.619. The molecule has 0 spiro atoms. The number of nitrogens with one attached hydrogen (secondary N) is 2. The van der Waals surface area contributed by atoms with E-state index in [4.69, 9.17) is 12.2 Å². The third-order valence-electron chi connectivity index (χ3n) is 0.696. The average Bonchev–Trinajstić information content (AvgIpc) is 1.86. The van der Waals surface area contributed by atoms with Crippen LogP contribution in [0.25, 0.3) is 0 Å². The number of hydrogen-bond acceptors (Lipinski definition) is 1. The molecule has 1 aliphatic rings. The van der Waals surface area contributed by atoms with Gasteiger partial charge in [-0.2, -0.15) is 0 Å². The van der Waals surface area contributed by atoms with Gasteiger partial charge >= 0.3 is 29.6 Å². The van der Waals surface area contributed by atoms with Crippen molar-refractivity contribution in [2.75, 3.05) is 13.1 Å². The van der Waals surface area contributed by atoms with Crippen LogP contribution in [0, 0.1) is 0 Å². The van der Waals surface area contributed by atoms with Crippen molar-refractivity contribution in [1.29, 1.82) is 0 Å². The van der Waals surface area contributed by atoms with E-state index in [9.17, 15) is 0 Å². The van der Waals surface area contributed by atoms with Crippen molar-refractivity contribution in [3.8, 4) is 0 Å². The van der Waals surface area contributed by atoms with Crippen LogP contribution in [0.5, 0.6) is 0 Å². The average molecular weight is 126 g/mol. The Labute approximate surface area is 70.3 Å². The number of rotatable bonds is 0. The molecule has 0 bridgehead atoms. The van der Waals surface area contributed by atoms with E-state index in [1.807, 2.05) is 0 Å². The summed E-state index contributed by atoms with van der Waals surface area (Å²) in [5.41, 5.74) is 0. The summed E-state index contributed by atoms with van der Waals surface area (Å²) in [5.74, 6) is 0. The van der Waals surface area contributed by atoms with E-state index < -0.39 is 0 Å². The molecule has 0 aromatic heterocycles. The molecular formula is C3H7N2NaS. The Morgan fingerprint density at radius 3 is 1.86 bits per heavy atom. The summed E-state index contributed by atoms with van der Waals surface area (Å²) >= 11 is 4.70. The van der Waals surface area contributed by atoms with E-state index in [1.54, 1.807) is 0 Å². The van der Waals surface area contributed by atoms with Crippen LogP contribution >= 0.6 is 12.2 Å². The molecule has 2 nitrogen and oxygen atoms in total. The molecule has 1 heterocycles. The maximum absolute atomic E-state index is 4.70. The van der Waals surface area contributed by atoms with Gasteiger partial charge in [-0.05, 0) is 12.2 Å². The predicted molar refractivity (Wildman–Crippen MR) is 35.8 cm³/mol. The monoisotopic (exact) mass is 126 g/mol. The fraction of sp³-hybridized carbons (Fsp3) is 0.667. The zero-order chi connectivity index (χ0) is 4.41. The quantitative estimate of drug-likeness (QED) is 0.315. The van der Waals surface area contributed by atoms with Gasteiger partial charge in [-0.15, -0.1) is 0 Å². The van der Waals surface area contributed by atoms with Crippen LogP contribution in [-0.4, -0.2) is 47.8 Å². The Morgan fingerprint density at radius 1 is 1.29 bits per heavy atom. The maximum atomic E-state index is 4.70. The summed E-state index contributed by atoms with van der Waals surface area (Å²) in [6.45, 7) is 1.97. The first-order chi connectivity index (χ1) is 2.89. The van der Waals surface area contributed by atoms with Crippen molar-refractivity contribution < 1.29 is 0 Å². The molecule has 0 aliphatic carbocycles. The molecule has 1 fully saturated rings. The Kier molecular flexibility index (Phi) is 4.02. The van der Waals surface area contributed by atoms with Crippen LogP contribution in [-0.2, 0) is 0 Å². The molecule has 0 radical (unpaired) electrons. The van der Waals surface area contributed by atoms with Crippen LogP contribution in [0.1, 0.15) is 0 Å². The van der Waals surface area contributed by atoms with Gasteiger partial charge in [0.05, 0.1) is 0 Å². The van der Waals surface area contributed by atoms with Gasteiger partial charge < -0.3 is 10.6 Å². The normalized spacial score (nSPS) is 16.9. The zero-order valence-corrected chi connectivity index (χ0v) is 4.14. The van der Waals surface area contributed by atoms with Crippen LogP contribution in [0.15, 0.2) is 0 Å². The van der Waals surface area contributed by atoms with E-state index in [2.05, 4.69) is 10.6 Å². The summed E-state index contributed by atoms with van der Waals surface area (Å²) in [6.07, 6.45) is 0. The molecule has 0 aromatic carbocycles. The molecule has 1 rings (SSSR count). The van der Waals surface area contributed by atoms with Crippen molar-refractivity contribution in [2.45, 2.75) is 0 Å². The van der Waals surface area contributed by atoms with Gasteiger partial charge in [-0.25, -0.2) is 0 Å². The van der Waals surface area contributed by atoms with Crippen molar-refractivity contribution in [3.05, 3.63) is 0 Å². The molecule has 0 atom stereocenters. The summed E-state index contributed by atoms with van der Waals surface area (Å²) in [4.78, 5) is 0. The van der Waals surface area contributed by atoms with Gasteiger partial charge in [-0.1, -0.05) is 0 Å². The van der Waals surface area contributed by atoms with Crippen molar-refractivity contribution in [2.24, 2.45) is 0 Å². The van der Waals surface area contributed by atoms with Gasteiger partial charge in [0.1, 0.15) is 0 Å². The SMILES string of the molecule is S=C1NCCN1.[NaH]. The molecule has 2 N–H and O–H groups in total. The third-order valence-corrected chi connectivity index (χ3v) is 0.985. The Morgan fingerprint density at radius 2 is 1.71 bits per heavy atom. The minimum absolute atomic E-state index is 0. The fourth-order valence-electron chi connectivity index (χ4n) is 0.415. The predicted octanol–water partition coefficient (Wildman–Crippen LogP) is -1.18. The molecule has 0 saturated carbocycles. The van der Waals surface area contributed by atoms with Gasteiger partial charge in [-0.3, -0.25) is 0 Å². The standard InChI is InChI=1S/C3H6N2S.Na.H/c6-3-4-1-2-5-3;;/h1-2H2,(H2,4,5,6);;. The molecule has 0 aromatic rings. The molecule has 36 valence electrons. The number of hydrogen-bond donors (Lipinski definition) is 2. The topological polar surface area (TPSA) is 24.1 Å². The molecule has 4 heteroatoms. The van der Waals surface area contributed by atoms with E-state index >= 15 is 0 Å². The molecule has 1 aliphatic heterocycles. The second kappa shape index (κ2) is 3.66. The second-order valence-corrected chi connectivity index (χ2v) is 1.59. The van der Waals surface area contributed by atoms with Crippen LogP contribution in [0.4, 0.5) is 0 Å². The van der Waals surface area contributed by atoms with E-state index in [0.29, 0.717) is 0 Å². The van der Waals surface area contributed by atoms with E-state index in [-0.39, 0.29) is 29.6 Å². The first-order valence-corrected chi connectivity index (χ1v) is 2.32. The first-order valence-electron chi connectivity index (χ1n) is 1.91. The van der Waals surface area contributed by atoms with E-state index in [1.165, 1.54) is 0 Å². The van der Waals surface area contributed by atoms with Gasteiger partial charge in [0.25, 0.3) is 0 Å². The van der Waals surface area contributed by atoms with Gasteiger partial charge in [0, 0.05) is 13.1 Å². The van der Waals surface area contributed by atoms with Gasteiger partial charge in [0.2, 0.25) is 0 Å². The Bertz CT molecular complexity index is 67.3. The Hall–Kier alpha value is 0.690. The summed E-state index contributed by atoms with van der Waals surface area (Å²) < 4.78 is 0. The molecule has 7 heavy (non-hydrogen) atoms. The van der Waals surface area contributed by atoms with Crippen molar-refractivity contribution in [3.63, 3.8) is 0 Å². The van der Waals surface area contributed by atoms with Crippen LogP contribution in [0.3, 0.4) is 0 Å². The first kappa shape index (κ1) is 7.69. The Balaban J connectivity index is 0.000000360. The molecule has 0 amide bonds.